The highest BCUT2D eigenvalue weighted by molar-refractivity contribution is 7.98. The zero-order valence-electron chi connectivity index (χ0n) is 12.3. The van der Waals surface area contributed by atoms with Crippen LogP contribution in [0.1, 0.15) is 0 Å². The maximum absolute atomic E-state index is 9.41. The van der Waals surface area contributed by atoms with E-state index in [9.17, 15) is 5.11 Å². The molecule has 3 N–H and O–H groups in total. The zero-order valence-corrected chi connectivity index (χ0v) is 13.1. The number of phenolic OH excluding ortho intramolecular Hbond substituents is 1. The fraction of sp³-hybridized carbons (Fsp3) is 0.0625. The Morgan fingerprint density at radius 3 is 2.61 bits per heavy atom. The van der Waals surface area contributed by atoms with Crippen LogP contribution < -0.4 is 5.73 Å². The number of nitrogen functional groups attached to an aromatic ring is 1. The lowest BCUT2D eigenvalue weighted by Gasteiger charge is -2.05. The number of para-hydroxylation sites is 1. The highest BCUT2D eigenvalue weighted by Crippen LogP contribution is 2.29. The first-order valence-electron chi connectivity index (χ1n) is 6.96. The average Bonchev–Trinajstić information content (AvgIpc) is 3.01. The van der Waals surface area contributed by atoms with Gasteiger partial charge in [-0.15, -0.1) is 16.9 Å². The maximum atomic E-state index is 9.41. The Labute approximate surface area is 136 Å². The van der Waals surface area contributed by atoms with Crippen molar-refractivity contribution in [3.63, 3.8) is 0 Å². The standard InChI is InChI=1S/C16H13N5OS/c1-23-12-4-2-3-11-13(12)18-16(17)21-15(11)19-14(20-21)9-5-7-10(22)8-6-9/h2-8,22H,1H3,(H2,17,18). The Bertz CT molecular complexity index is 1030. The van der Waals surface area contributed by atoms with Gasteiger partial charge in [0.05, 0.1) is 5.52 Å². The Morgan fingerprint density at radius 2 is 1.87 bits per heavy atom. The van der Waals surface area contributed by atoms with E-state index >= 15 is 0 Å². The number of fused-ring (bicyclic) bond motifs is 3. The van der Waals surface area contributed by atoms with Crippen LogP contribution in [-0.2, 0) is 0 Å². The Hall–Kier alpha value is -2.80. The summed E-state index contributed by atoms with van der Waals surface area (Å²) in [5.74, 6) is 1.04. The number of anilines is 1. The van der Waals surface area contributed by atoms with E-state index < -0.39 is 0 Å². The van der Waals surface area contributed by atoms with Crippen LogP contribution in [0.4, 0.5) is 5.95 Å². The van der Waals surface area contributed by atoms with Crippen molar-refractivity contribution < 1.29 is 5.11 Å². The lowest BCUT2D eigenvalue weighted by molar-refractivity contribution is 0.475. The number of hydrogen-bond donors (Lipinski definition) is 2. The van der Waals surface area contributed by atoms with Gasteiger partial charge in [0.15, 0.2) is 11.5 Å². The number of nitrogens with two attached hydrogens (primary N) is 1. The first-order valence-corrected chi connectivity index (χ1v) is 8.18. The van der Waals surface area contributed by atoms with Gasteiger partial charge in [0.25, 0.3) is 0 Å². The molecule has 2 heterocycles. The van der Waals surface area contributed by atoms with Crippen molar-refractivity contribution in [2.75, 3.05) is 12.0 Å². The topological polar surface area (TPSA) is 89.3 Å². The van der Waals surface area contributed by atoms with E-state index in [0.717, 1.165) is 21.4 Å². The largest absolute Gasteiger partial charge is 0.508 e. The van der Waals surface area contributed by atoms with Crippen molar-refractivity contribution in [1.82, 2.24) is 19.6 Å². The minimum atomic E-state index is 0.203. The van der Waals surface area contributed by atoms with Crippen molar-refractivity contribution in [2.24, 2.45) is 0 Å². The van der Waals surface area contributed by atoms with Gasteiger partial charge in [-0.3, -0.25) is 0 Å². The third-order valence-electron chi connectivity index (χ3n) is 3.64. The molecule has 0 unspecified atom stereocenters. The highest BCUT2D eigenvalue weighted by atomic mass is 32.2. The monoisotopic (exact) mass is 323 g/mol. The third-order valence-corrected chi connectivity index (χ3v) is 4.41. The van der Waals surface area contributed by atoms with Gasteiger partial charge in [-0.1, -0.05) is 6.07 Å². The Morgan fingerprint density at radius 1 is 1.09 bits per heavy atom. The van der Waals surface area contributed by atoms with Crippen LogP contribution >= 0.6 is 11.8 Å². The van der Waals surface area contributed by atoms with Crippen molar-refractivity contribution in [3.8, 4) is 17.1 Å². The summed E-state index contributed by atoms with van der Waals surface area (Å²) in [7, 11) is 0. The molecule has 0 aliphatic carbocycles. The van der Waals surface area contributed by atoms with E-state index in [1.165, 1.54) is 0 Å². The fourth-order valence-corrected chi connectivity index (χ4v) is 3.09. The highest BCUT2D eigenvalue weighted by Gasteiger charge is 2.14. The second-order valence-corrected chi connectivity index (χ2v) is 5.89. The number of benzene rings is 2. The molecule has 0 amide bonds. The molecular weight excluding hydrogens is 310 g/mol. The minimum Gasteiger partial charge on any atom is -0.508 e. The van der Waals surface area contributed by atoms with Gasteiger partial charge in [-0.2, -0.15) is 4.52 Å². The molecule has 0 radical (unpaired) electrons. The molecule has 7 heteroatoms. The predicted octanol–water partition coefficient (Wildman–Crippen LogP) is 2.95. The molecule has 0 saturated heterocycles. The smallest absolute Gasteiger partial charge is 0.223 e. The number of aromatic hydroxyl groups is 1. The molecule has 2 aromatic carbocycles. The van der Waals surface area contributed by atoms with Crippen LogP contribution in [0.2, 0.25) is 0 Å². The van der Waals surface area contributed by atoms with Gasteiger partial charge in [-0.25, -0.2) is 9.97 Å². The molecule has 4 aromatic rings. The molecule has 114 valence electrons. The number of nitrogens with zero attached hydrogens (tertiary/aromatic N) is 4. The summed E-state index contributed by atoms with van der Waals surface area (Å²) in [4.78, 5) is 10.1. The normalized spacial score (nSPS) is 11.3. The van der Waals surface area contributed by atoms with Crippen LogP contribution in [0.15, 0.2) is 47.4 Å². The Balaban J connectivity index is 2.03. The van der Waals surface area contributed by atoms with Crippen molar-refractivity contribution >= 4 is 34.3 Å². The zero-order chi connectivity index (χ0) is 16.0. The van der Waals surface area contributed by atoms with Gasteiger partial charge in [0.1, 0.15) is 5.75 Å². The van der Waals surface area contributed by atoms with Gasteiger partial charge in [-0.05, 0) is 42.7 Å². The van der Waals surface area contributed by atoms with Crippen molar-refractivity contribution in [3.05, 3.63) is 42.5 Å². The summed E-state index contributed by atoms with van der Waals surface area (Å²) in [5, 5.41) is 14.8. The van der Waals surface area contributed by atoms with Crippen LogP contribution in [0.25, 0.3) is 27.9 Å². The summed E-state index contributed by atoms with van der Waals surface area (Å²) < 4.78 is 1.55. The molecule has 0 saturated carbocycles. The molecule has 0 bridgehead atoms. The van der Waals surface area contributed by atoms with E-state index in [-0.39, 0.29) is 5.75 Å². The summed E-state index contributed by atoms with van der Waals surface area (Å²) in [5.41, 5.74) is 8.37. The molecule has 2 aromatic heterocycles. The molecule has 0 aliphatic rings. The second kappa shape index (κ2) is 5.13. The first kappa shape index (κ1) is 13.8. The van der Waals surface area contributed by atoms with E-state index in [4.69, 9.17) is 5.73 Å². The molecule has 6 nitrogen and oxygen atoms in total. The second-order valence-electron chi connectivity index (χ2n) is 5.04. The first-order chi connectivity index (χ1) is 11.2. The van der Waals surface area contributed by atoms with Crippen LogP contribution in [0.3, 0.4) is 0 Å². The SMILES string of the molecule is CSc1cccc2c1nc(N)n1nc(-c3ccc(O)cc3)nc21. The lowest BCUT2D eigenvalue weighted by atomic mass is 10.2. The molecule has 0 atom stereocenters. The van der Waals surface area contributed by atoms with E-state index in [1.54, 1.807) is 40.5 Å². The molecule has 0 spiro atoms. The number of phenols is 1. The van der Waals surface area contributed by atoms with Gasteiger partial charge in [0.2, 0.25) is 5.95 Å². The van der Waals surface area contributed by atoms with Gasteiger partial charge in [0, 0.05) is 15.8 Å². The predicted molar refractivity (Wildman–Crippen MR) is 91.6 cm³/mol. The quantitative estimate of drug-likeness (QED) is 0.551. The van der Waals surface area contributed by atoms with E-state index in [0.29, 0.717) is 17.4 Å². The number of hydrogen-bond acceptors (Lipinski definition) is 6. The van der Waals surface area contributed by atoms with E-state index in [2.05, 4.69) is 15.1 Å². The number of aromatic nitrogens is 4. The van der Waals surface area contributed by atoms with Gasteiger partial charge >= 0.3 is 0 Å². The van der Waals surface area contributed by atoms with Gasteiger partial charge < -0.3 is 10.8 Å². The lowest BCUT2D eigenvalue weighted by Crippen LogP contribution is -2.03. The molecule has 4 rings (SSSR count). The summed E-state index contributed by atoms with van der Waals surface area (Å²) >= 11 is 1.62. The van der Waals surface area contributed by atoms with Crippen LogP contribution in [0, 0.1) is 0 Å². The van der Waals surface area contributed by atoms with Crippen LogP contribution in [0.5, 0.6) is 5.75 Å². The average molecular weight is 323 g/mol. The minimum absolute atomic E-state index is 0.203. The van der Waals surface area contributed by atoms with Crippen LogP contribution in [-0.4, -0.2) is 30.9 Å². The fourth-order valence-electron chi connectivity index (χ4n) is 2.52. The Kier molecular flexibility index (Phi) is 3.09. The molecule has 0 aliphatic heterocycles. The third kappa shape index (κ3) is 2.17. The van der Waals surface area contributed by atoms with Crippen molar-refractivity contribution in [2.45, 2.75) is 4.90 Å². The molecule has 23 heavy (non-hydrogen) atoms. The summed E-state index contributed by atoms with van der Waals surface area (Å²) in [6, 6.07) is 12.7. The summed E-state index contributed by atoms with van der Waals surface area (Å²) in [6.45, 7) is 0. The number of rotatable bonds is 2. The molecule has 0 fully saturated rings. The maximum Gasteiger partial charge on any atom is 0.223 e. The van der Waals surface area contributed by atoms with E-state index in [1.807, 2.05) is 24.5 Å². The number of thioether (sulfide) groups is 1. The van der Waals surface area contributed by atoms with Crippen molar-refractivity contribution in [1.29, 1.82) is 0 Å². The molecular formula is C16H13N5OS. The summed E-state index contributed by atoms with van der Waals surface area (Å²) in [6.07, 6.45) is 2.00.